The van der Waals surface area contributed by atoms with Gasteiger partial charge in [-0.15, -0.1) is 0 Å². The first kappa shape index (κ1) is 24.0. The highest BCUT2D eigenvalue weighted by atomic mass is 35.5. The zero-order valence-electron chi connectivity index (χ0n) is 17.7. The normalized spacial score (nSPS) is 11.8. The Morgan fingerprint density at radius 3 is 2.43 bits per heavy atom. The predicted molar refractivity (Wildman–Crippen MR) is 121 cm³/mol. The van der Waals surface area contributed by atoms with Gasteiger partial charge >= 0.3 is 0 Å². The summed E-state index contributed by atoms with van der Waals surface area (Å²) in [6.07, 6.45) is 0. The van der Waals surface area contributed by atoms with E-state index in [4.69, 9.17) is 27.9 Å². The Kier molecular flexibility index (Phi) is 9.00. The number of carbonyl (C=O) groups excluding carboxylic acids is 2. The highest BCUT2D eigenvalue weighted by Gasteiger charge is 2.27. The van der Waals surface area contributed by atoms with Crippen molar-refractivity contribution in [1.29, 1.82) is 0 Å². The topological polar surface area (TPSA) is 58.6 Å². The second-order valence-corrected chi connectivity index (χ2v) is 8.15. The Hall–Kier alpha value is -2.24. The highest BCUT2D eigenvalue weighted by Crippen LogP contribution is 2.26. The summed E-state index contributed by atoms with van der Waals surface area (Å²) in [5.41, 5.74) is 1.72. The summed E-state index contributed by atoms with van der Waals surface area (Å²) in [4.78, 5) is 27.0. The molecular formula is C23H28Cl2N2O3. The standard InChI is InChI=1S/C23H28Cl2N2O3/c1-5-26-23(29)16(4)27(13-17-10-11-18(24)12-20(17)25)22(28)14-30-21-9-7-6-8-19(21)15(2)3/h6-12,15-16H,5,13-14H2,1-4H3,(H,26,29)/t16-/m1/s1. The van der Waals surface area contributed by atoms with Gasteiger partial charge in [0.1, 0.15) is 11.8 Å². The second-order valence-electron chi connectivity index (χ2n) is 7.31. The fraction of sp³-hybridized carbons (Fsp3) is 0.391. The summed E-state index contributed by atoms with van der Waals surface area (Å²) in [5.74, 6) is 0.377. The third-order valence-corrected chi connectivity index (χ3v) is 5.35. The van der Waals surface area contributed by atoms with Crippen molar-refractivity contribution in [1.82, 2.24) is 10.2 Å². The Morgan fingerprint density at radius 1 is 1.10 bits per heavy atom. The molecule has 0 saturated carbocycles. The van der Waals surface area contributed by atoms with Gasteiger partial charge in [-0.2, -0.15) is 0 Å². The van der Waals surface area contributed by atoms with Crippen LogP contribution < -0.4 is 10.1 Å². The number of amides is 2. The summed E-state index contributed by atoms with van der Waals surface area (Å²) in [6, 6.07) is 12.0. The lowest BCUT2D eigenvalue weighted by atomic mass is 10.0. The highest BCUT2D eigenvalue weighted by molar-refractivity contribution is 6.35. The third-order valence-electron chi connectivity index (χ3n) is 4.77. The van der Waals surface area contributed by atoms with Gasteiger partial charge in [0.25, 0.3) is 5.91 Å². The van der Waals surface area contributed by atoms with Crippen LogP contribution >= 0.6 is 23.2 Å². The van der Waals surface area contributed by atoms with E-state index < -0.39 is 6.04 Å². The minimum atomic E-state index is -0.687. The van der Waals surface area contributed by atoms with E-state index in [1.165, 1.54) is 4.90 Å². The predicted octanol–water partition coefficient (Wildman–Crippen LogP) is 5.05. The van der Waals surface area contributed by atoms with Gasteiger partial charge < -0.3 is 15.0 Å². The number of nitrogens with zero attached hydrogens (tertiary/aromatic N) is 1. The Balaban J connectivity index is 2.22. The average Bonchev–Trinajstić information content (AvgIpc) is 2.71. The number of nitrogens with one attached hydrogen (secondary N) is 1. The number of likely N-dealkylation sites (N-methyl/N-ethyl adjacent to an activating group) is 1. The summed E-state index contributed by atoms with van der Waals surface area (Å²) in [7, 11) is 0. The van der Waals surface area contributed by atoms with Crippen LogP contribution in [0, 0.1) is 0 Å². The maximum atomic E-state index is 13.1. The molecule has 2 amide bonds. The Labute approximate surface area is 188 Å². The number of benzene rings is 2. The number of hydrogen-bond acceptors (Lipinski definition) is 3. The molecule has 2 aromatic carbocycles. The molecule has 0 aliphatic carbocycles. The number of halogens is 2. The first-order chi connectivity index (χ1) is 14.2. The fourth-order valence-corrected chi connectivity index (χ4v) is 3.52. The molecule has 0 aromatic heterocycles. The molecule has 0 unspecified atom stereocenters. The lowest BCUT2D eigenvalue weighted by Gasteiger charge is -2.29. The minimum Gasteiger partial charge on any atom is -0.483 e. The maximum Gasteiger partial charge on any atom is 0.261 e. The van der Waals surface area contributed by atoms with Crippen molar-refractivity contribution in [2.45, 2.75) is 46.2 Å². The molecule has 0 radical (unpaired) electrons. The molecule has 2 rings (SSSR count). The van der Waals surface area contributed by atoms with Gasteiger partial charge in [0, 0.05) is 23.1 Å². The van der Waals surface area contributed by atoms with Gasteiger partial charge in [-0.1, -0.05) is 61.3 Å². The summed E-state index contributed by atoms with van der Waals surface area (Å²) in [6.45, 7) is 8.12. The van der Waals surface area contributed by atoms with Crippen LogP contribution in [-0.2, 0) is 16.1 Å². The van der Waals surface area contributed by atoms with E-state index in [9.17, 15) is 9.59 Å². The number of ether oxygens (including phenoxy) is 1. The van der Waals surface area contributed by atoms with Crippen molar-refractivity contribution in [2.75, 3.05) is 13.2 Å². The lowest BCUT2D eigenvalue weighted by molar-refractivity contribution is -0.142. The van der Waals surface area contributed by atoms with Crippen LogP contribution in [0.3, 0.4) is 0 Å². The van der Waals surface area contributed by atoms with Crippen LogP contribution in [0.1, 0.15) is 44.7 Å². The van der Waals surface area contributed by atoms with E-state index >= 15 is 0 Å². The first-order valence-electron chi connectivity index (χ1n) is 9.97. The van der Waals surface area contributed by atoms with E-state index in [-0.39, 0.29) is 30.9 Å². The molecule has 2 aromatic rings. The summed E-state index contributed by atoms with van der Waals surface area (Å²) < 4.78 is 5.84. The Bertz CT molecular complexity index is 887. The van der Waals surface area contributed by atoms with E-state index in [2.05, 4.69) is 19.2 Å². The van der Waals surface area contributed by atoms with Crippen molar-refractivity contribution in [3.63, 3.8) is 0 Å². The van der Waals surface area contributed by atoms with Gasteiger partial charge in [0.15, 0.2) is 6.61 Å². The molecule has 30 heavy (non-hydrogen) atoms. The SMILES string of the molecule is CCNC(=O)[C@@H](C)N(Cc1ccc(Cl)cc1Cl)C(=O)COc1ccccc1C(C)C. The molecule has 0 bridgehead atoms. The van der Waals surface area contributed by atoms with Crippen LogP contribution in [0.15, 0.2) is 42.5 Å². The van der Waals surface area contributed by atoms with Crippen LogP contribution in [0.5, 0.6) is 5.75 Å². The fourth-order valence-electron chi connectivity index (χ4n) is 3.05. The van der Waals surface area contributed by atoms with Crippen LogP contribution in [-0.4, -0.2) is 35.9 Å². The Morgan fingerprint density at radius 2 is 1.80 bits per heavy atom. The molecule has 1 N–H and O–H groups in total. The van der Waals surface area contributed by atoms with Gasteiger partial charge in [0.2, 0.25) is 5.91 Å². The largest absolute Gasteiger partial charge is 0.483 e. The van der Waals surface area contributed by atoms with Crippen LogP contribution in [0.25, 0.3) is 0 Å². The second kappa shape index (κ2) is 11.2. The molecule has 162 valence electrons. The number of rotatable bonds is 9. The van der Waals surface area contributed by atoms with Gasteiger partial charge in [0.05, 0.1) is 0 Å². The van der Waals surface area contributed by atoms with Crippen LogP contribution in [0.2, 0.25) is 10.0 Å². The van der Waals surface area contributed by atoms with E-state index in [1.54, 1.807) is 25.1 Å². The molecule has 7 heteroatoms. The van der Waals surface area contributed by atoms with Crippen molar-refractivity contribution in [3.05, 3.63) is 63.6 Å². The average molecular weight is 451 g/mol. The lowest BCUT2D eigenvalue weighted by Crippen LogP contribution is -2.49. The number of para-hydroxylation sites is 1. The molecule has 0 spiro atoms. The van der Waals surface area contributed by atoms with Crippen LogP contribution in [0.4, 0.5) is 0 Å². The zero-order chi connectivity index (χ0) is 22.3. The summed E-state index contributed by atoms with van der Waals surface area (Å²) >= 11 is 12.3. The van der Waals surface area contributed by atoms with Gasteiger partial charge in [-0.3, -0.25) is 9.59 Å². The molecule has 5 nitrogen and oxygen atoms in total. The van der Waals surface area contributed by atoms with Crippen molar-refractivity contribution >= 4 is 35.0 Å². The molecule has 0 fully saturated rings. The monoisotopic (exact) mass is 450 g/mol. The van der Waals surface area contributed by atoms with Crippen molar-refractivity contribution in [2.24, 2.45) is 0 Å². The molecule has 0 aliphatic heterocycles. The van der Waals surface area contributed by atoms with Crippen molar-refractivity contribution < 1.29 is 14.3 Å². The quantitative estimate of drug-likeness (QED) is 0.581. The number of carbonyl (C=O) groups is 2. The number of hydrogen-bond donors (Lipinski definition) is 1. The van der Waals surface area contributed by atoms with E-state index in [0.29, 0.717) is 27.9 Å². The molecule has 0 saturated heterocycles. The van der Waals surface area contributed by atoms with Gasteiger partial charge in [-0.05, 0) is 49.1 Å². The smallest absolute Gasteiger partial charge is 0.261 e. The van der Waals surface area contributed by atoms with Gasteiger partial charge in [-0.25, -0.2) is 0 Å². The zero-order valence-corrected chi connectivity index (χ0v) is 19.3. The third kappa shape index (κ3) is 6.38. The molecule has 0 aliphatic rings. The molecule has 1 atom stereocenters. The van der Waals surface area contributed by atoms with Crippen molar-refractivity contribution in [3.8, 4) is 5.75 Å². The van der Waals surface area contributed by atoms with E-state index in [0.717, 1.165) is 5.56 Å². The molecular weight excluding hydrogens is 423 g/mol. The summed E-state index contributed by atoms with van der Waals surface area (Å²) in [5, 5.41) is 3.71. The molecule has 0 heterocycles. The van der Waals surface area contributed by atoms with E-state index in [1.807, 2.05) is 31.2 Å². The minimum absolute atomic E-state index is 0.169. The first-order valence-corrected chi connectivity index (χ1v) is 10.7. The maximum absolute atomic E-state index is 13.1.